The SMILES string of the molecule is FC(F)(F)c1ccccc1Nc1ccncc1. The Morgan fingerprint density at radius 2 is 1.59 bits per heavy atom. The minimum Gasteiger partial charge on any atom is -0.355 e. The average Bonchev–Trinajstić information content (AvgIpc) is 2.30. The Morgan fingerprint density at radius 1 is 0.941 bits per heavy atom. The average molecular weight is 238 g/mol. The van der Waals surface area contributed by atoms with Gasteiger partial charge in [0.15, 0.2) is 0 Å². The summed E-state index contributed by atoms with van der Waals surface area (Å²) in [5.74, 6) is 0. The van der Waals surface area contributed by atoms with Crippen molar-refractivity contribution in [3.8, 4) is 0 Å². The first kappa shape index (κ1) is 11.4. The first-order valence-electron chi connectivity index (χ1n) is 4.90. The molecule has 88 valence electrons. The van der Waals surface area contributed by atoms with Gasteiger partial charge in [0.1, 0.15) is 0 Å². The van der Waals surface area contributed by atoms with Crippen LogP contribution in [0, 0.1) is 0 Å². The van der Waals surface area contributed by atoms with Crippen LogP contribution >= 0.6 is 0 Å². The molecule has 0 fully saturated rings. The van der Waals surface area contributed by atoms with Crippen LogP contribution in [0.2, 0.25) is 0 Å². The number of benzene rings is 1. The molecule has 1 N–H and O–H groups in total. The monoisotopic (exact) mass is 238 g/mol. The molecule has 0 saturated heterocycles. The van der Waals surface area contributed by atoms with Crippen LogP contribution in [0.5, 0.6) is 0 Å². The first-order valence-corrected chi connectivity index (χ1v) is 4.90. The lowest BCUT2D eigenvalue weighted by Gasteiger charge is -2.14. The summed E-state index contributed by atoms with van der Waals surface area (Å²) in [5.41, 5.74) is -0.0836. The number of para-hydroxylation sites is 1. The summed E-state index contributed by atoms with van der Waals surface area (Å²) in [7, 11) is 0. The van der Waals surface area contributed by atoms with Gasteiger partial charge >= 0.3 is 6.18 Å². The maximum absolute atomic E-state index is 12.7. The number of anilines is 2. The molecule has 0 aliphatic heterocycles. The highest BCUT2D eigenvalue weighted by Crippen LogP contribution is 2.35. The molecule has 0 amide bonds. The fourth-order valence-electron chi connectivity index (χ4n) is 1.43. The van der Waals surface area contributed by atoms with Gasteiger partial charge in [0, 0.05) is 18.1 Å². The number of pyridine rings is 1. The van der Waals surface area contributed by atoms with E-state index in [1.165, 1.54) is 24.5 Å². The van der Waals surface area contributed by atoms with Crippen molar-refractivity contribution >= 4 is 11.4 Å². The minimum atomic E-state index is -4.36. The lowest BCUT2D eigenvalue weighted by molar-refractivity contribution is -0.136. The van der Waals surface area contributed by atoms with Crippen molar-refractivity contribution in [2.75, 3.05) is 5.32 Å². The van der Waals surface area contributed by atoms with E-state index in [9.17, 15) is 13.2 Å². The van der Waals surface area contributed by atoms with E-state index in [-0.39, 0.29) is 5.69 Å². The topological polar surface area (TPSA) is 24.9 Å². The summed E-state index contributed by atoms with van der Waals surface area (Å²) in [5, 5.41) is 2.72. The van der Waals surface area contributed by atoms with Crippen LogP contribution in [0.15, 0.2) is 48.8 Å². The fourth-order valence-corrected chi connectivity index (χ4v) is 1.43. The van der Waals surface area contributed by atoms with Gasteiger partial charge in [-0.3, -0.25) is 4.98 Å². The van der Waals surface area contributed by atoms with E-state index in [0.29, 0.717) is 5.69 Å². The predicted octanol–water partition coefficient (Wildman–Crippen LogP) is 3.84. The molecule has 2 nitrogen and oxygen atoms in total. The minimum absolute atomic E-state index is 0.0335. The lowest BCUT2D eigenvalue weighted by Crippen LogP contribution is -2.08. The van der Waals surface area contributed by atoms with Gasteiger partial charge in [0.2, 0.25) is 0 Å². The number of rotatable bonds is 2. The number of halogens is 3. The van der Waals surface area contributed by atoms with E-state index in [1.807, 2.05) is 0 Å². The van der Waals surface area contributed by atoms with Crippen LogP contribution in [-0.4, -0.2) is 4.98 Å². The zero-order valence-electron chi connectivity index (χ0n) is 8.70. The zero-order chi connectivity index (χ0) is 12.3. The molecule has 0 bridgehead atoms. The highest BCUT2D eigenvalue weighted by Gasteiger charge is 2.33. The fraction of sp³-hybridized carbons (Fsp3) is 0.0833. The van der Waals surface area contributed by atoms with Crippen molar-refractivity contribution < 1.29 is 13.2 Å². The number of nitrogens with one attached hydrogen (secondary N) is 1. The smallest absolute Gasteiger partial charge is 0.355 e. The van der Waals surface area contributed by atoms with Gasteiger partial charge in [-0.25, -0.2) is 0 Å². The van der Waals surface area contributed by atoms with Crippen LogP contribution in [-0.2, 0) is 6.18 Å². The molecule has 0 saturated carbocycles. The molecule has 2 aromatic rings. The molecule has 0 unspecified atom stereocenters. The predicted molar refractivity (Wildman–Crippen MR) is 59.0 cm³/mol. The zero-order valence-corrected chi connectivity index (χ0v) is 8.70. The number of hydrogen-bond acceptors (Lipinski definition) is 2. The molecule has 1 aromatic carbocycles. The standard InChI is InChI=1S/C12H9F3N2/c13-12(14,15)10-3-1-2-4-11(10)17-9-5-7-16-8-6-9/h1-8H,(H,16,17). The summed E-state index contributed by atoms with van der Waals surface area (Å²) in [6.07, 6.45) is -1.34. The van der Waals surface area contributed by atoms with Crippen LogP contribution < -0.4 is 5.32 Å². The van der Waals surface area contributed by atoms with E-state index in [2.05, 4.69) is 10.3 Å². The molecule has 0 aliphatic rings. The normalized spacial score (nSPS) is 11.2. The molecule has 5 heteroatoms. The van der Waals surface area contributed by atoms with Gasteiger partial charge < -0.3 is 5.32 Å². The lowest BCUT2D eigenvalue weighted by atomic mass is 10.1. The van der Waals surface area contributed by atoms with Crippen molar-refractivity contribution in [3.05, 3.63) is 54.4 Å². The molecule has 1 aromatic heterocycles. The molecular weight excluding hydrogens is 229 g/mol. The van der Waals surface area contributed by atoms with Crippen molar-refractivity contribution in [2.24, 2.45) is 0 Å². The molecule has 0 spiro atoms. The summed E-state index contributed by atoms with van der Waals surface area (Å²) in [6.45, 7) is 0. The Labute approximate surface area is 96.1 Å². The summed E-state index contributed by atoms with van der Waals surface area (Å²) >= 11 is 0. The van der Waals surface area contributed by atoms with E-state index in [0.717, 1.165) is 6.07 Å². The number of hydrogen-bond donors (Lipinski definition) is 1. The Hall–Kier alpha value is -2.04. The van der Waals surface area contributed by atoms with E-state index in [1.54, 1.807) is 18.2 Å². The second-order valence-corrected chi connectivity index (χ2v) is 3.40. The Kier molecular flexibility index (Phi) is 2.99. The molecular formula is C12H9F3N2. The van der Waals surface area contributed by atoms with Crippen LogP contribution in [0.4, 0.5) is 24.5 Å². The van der Waals surface area contributed by atoms with Gasteiger partial charge in [-0.1, -0.05) is 12.1 Å². The molecule has 0 radical (unpaired) electrons. The van der Waals surface area contributed by atoms with Gasteiger partial charge in [0.05, 0.1) is 11.3 Å². The third-order valence-electron chi connectivity index (χ3n) is 2.19. The molecule has 1 heterocycles. The Balaban J connectivity index is 2.34. The molecule has 2 rings (SSSR count). The van der Waals surface area contributed by atoms with Gasteiger partial charge in [-0.2, -0.15) is 13.2 Å². The van der Waals surface area contributed by atoms with Crippen LogP contribution in [0.25, 0.3) is 0 Å². The highest BCUT2D eigenvalue weighted by atomic mass is 19.4. The second-order valence-electron chi connectivity index (χ2n) is 3.40. The maximum Gasteiger partial charge on any atom is 0.418 e. The van der Waals surface area contributed by atoms with E-state index < -0.39 is 11.7 Å². The van der Waals surface area contributed by atoms with Gasteiger partial charge in [-0.05, 0) is 24.3 Å². The third-order valence-corrected chi connectivity index (χ3v) is 2.19. The second kappa shape index (κ2) is 4.45. The van der Waals surface area contributed by atoms with Gasteiger partial charge in [0.25, 0.3) is 0 Å². The number of alkyl halides is 3. The summed E-state index contributed by atoms with van der Waals surface area (Å²) in [6, 6.07) is 8.56. The first-order chi connectivity index (χ1) is 8.07. The number of aromatic nitrogens is 1. The van der Waals surface area contributed by atoms with Crippen molar-refractivity contribution in [2.45, 2.75) is 6.18 Å². The number of nitrogens with zero attached hydrogens (tertiary/aromatic N) is 1. The van der Waals surface area contributed by atoms with Crippen molar-refractivity contribution in [1.82, 2.24) is 4.98 Å². The molecule has 0 aliphatic carbocycles. The van der Waals surface area contributed by atoms with Crippen molar-refractivity contribution in [1.29, 1.82) is 0 Å². The third kappa shape index (κ3) is 2.75. The van der Waals surface area contributed by atoms with Crippen LogP contribution in [0.3, 0.4) is 0 Å². The largest absolute Gasteiger partial charge is 0.418 e. The maximum atomic E-state index is 12.7. The quantitative estimate of drug-likeness (QED) is 0.859. The Morgan fingerprint density at radius 3 is 2.24 bits per heavy atom. The molecule has 17 heavy (non-hydrogen) atoms. The van der Waals surface area contributed by atoms with Crippen molar-refractivity contribution in [3.63, 3.8) is 0 Å². The van der Waals surface area contributed by atoms with E-state index in [4.69, 9.17) is 0 Å². The highest BCUT2D eigenvalue weighted by molar-refractivity contribution is 5.63. The summed E-state index contributed by atoms with van der Waals surface area (Å²) in [4.78, 5) is 3.80. The summed E-state index contributed by atoms with van der Waals surface area (Å²) < 4.78 is 38.1. The van der Waals surface area contributed by atoms with E-state index >= 15 is 0 Å². The molecule has 0 atom stereocenters. The van der Waals surface area contributed by atoms with Gasteiger partial charge in [-0.15, -0.1) is 0 Å². The Bertz CT molecular complexity index is 495. The van der Waals surface area contributed by atoms with Crippen LogP contribution in [0.1, 0.15) is 5.56 Å².